The second-order valence-corrected chi connectivity index (χ2v) is 4.36. The molecule has 4 heteroatoms. The molecule has 80 valence electrons. The highest BCUT2D eigenvalue weighted by Gasteiger charge is 2.09. The Morgan fingerprint density at radius 3 is 2.38 bits per heavy atom. The molecule has 0 aliphatic carbocycles. The summed E-state index contributed by atoms with van der Waals surface area (Å²) in [4.78, 5) is 8.85. The highest BCUT2D eigenvalue weighted by Crippen LogP contribution is 2.37. The maximum Gasteiger partial charge on any atom is 0.365 e. The molecule has 0 aliphatic rings. The van der Waals surface area contributed by atoms with E-state index < -0.39 is 8.25 Å². The van der Waals surface area contributed by atoms with Crippen molar-refractivity contribution < 1.29 is 14.0 Å². The molecule has 0 saturated heterocycles. The quantitative estimate of drug-likeness (QED) is 0.690. The largest absolute Gasteiger partial charge is 0.426 e. The standard InChI is InChI=1S/C12H9O3P/c13-16(14)15-11-3-1-2-10-8-4-6-9(7-5-8)12(10)11/h1-7,16H,(H,13,14). The third-order valence-corrected chi connectivity index (χ3v) is 3.10. The zero-order chi connectivity index (χ0) is 11.1. The molecule has 2 bridgehead atoms. The molecule has 0 aromatic heterocycles. The van der Waals surface area contributed by atoms with E-state index in [1.807, 2.05) is 36.4 Å². The Bertz CT molecular complexity index is 658. The third-order valence-electron chi connectivity index (χ3n) is 2.71. The first kappa shape index (κ1) is 9.64. The summed E-state index contributed by atoms with van der Waals surface area (Å²) in [7, 11) is -2.96. The Kier molecular flexibility index (Phi) is 2.10. The Labute approximate surface area is 92.6 Å². The Morgan fingerprint density at radius 2 is 1.69 bits per heavy atom. The van der Waals surface area contributed by atoms with E-state index in [1.54, 1.807) is 6.07 Å². The van der Waals surface area contributed by atoms with Gasteiger partial charge in [0.05, 0.1) is 0 Å². The molecule has 0 saturated carbocycles. The van der Waals surface area contributed by atoms with Crippen molar-refractivity contribution in [2.24, 2.45) is 0 Å². The second-order valence-electron chi connectivity index (χ2n) is 3.62. The van der Waals surface area contributed by atoms with Gasteiger partial charge in [0.2, 0.25) is 0 Å². The molecule has 1 N–H and O–H groups in total. The van der Waals surface area contributed by atoms with Crippen molar-refractivity contribution in [3.8, 4) is 5.75 Å². The van der Waals surface area contributed by atoms with Crippen molar-refractivity contribution in [1.82, 2.24) is 0 Å². The van der Waals surface area contributed by atoms with Crippen molar-refractivity contribution in [3.63, 3.8) is 0 Å². The molecule has 0 amide bonds. The van der Waals surface area contributed by atoms with Crippen LogP contribution in [0, 0.1) is 0 Å². The number of benzene rings is 4. The average Bonchev–Trinajstić information content (AvgIpc) is 2.30. The van der Waals surface area contributed by atoms with E-state index in [-0.39, 0.29) is 0 Å². The molecule has 0 spiro atoms. The van der Waals surface area contributed by atoms with Gasteiger partial charge >= 0.3 is 8.25 Å². The lowest BCUT2D eigenvalue weighted by Crippen LogP contribution is -1.86. The maximum atomic E-state index is 10.8. The predicted molar refractivity (Wildman–Crippen MR) is 64.5 cm³/mol. The van der Waals surface area contributed by atoms with Crippen LogP contribution in [-0.4, -0.2) is 4.89 Å². The highest BCUT2D eigenvalue weighted by molar-refractivity contribution is 7.32. The predicted octanol–water partition coefficient (Wildman–Crippen LogP) is 3.19. The van der Waals surface area contributed by atoms with Crippen LogP contribution in [0.15, 0.2) is 42.5 Å². The van der Waals surface area contributed by atoms with Crippen LogP contribution in [0.2, 0.25) is 0 Å². The van der Waals surface area contributed by atoms with Crippen LogP contribution in [0.4, 0.5) is 0 Å². The van der Waals surface area contributed by atoms with Gasteiger partial charge in [-0.2, -0.15) is 0 Å². The number of hydrogen-bond donors (Lipinski definition) is 1. The summed E-state index contributed by atoms with van der Waals surface area (Å²) in [6.07, 6.45) is 0. The van der Waals surface area contributed by atoms with E-state index >= 15 is 0 Å². The first-order valence-corrected chi connectivity index (χ1v) is 6.17. The van der Waals surface area contributed by atoms with E-state index in [0.29, 0.717) is 5.75 Å². The van der Waals surface area contributed by atoms with E-state index in [4.69, 9.17) is 9.42 Å². The van der Waals surface area contributed by atoms with Crippen LogP contribution in [0.5, 0.6) is 5.75 Å². The minimum atomic E-state index is -2.96. The van der Waals surface area contributed by atoms with Gasteiger partial charge in [0.25, 0.3) is 0 Å². The molecule has 16 heavy (non-hydrogen) atoms. The zero-order valence-electron chi connectivity index (χ0n) is 8.31. The molecule has 0 heterocycles. The lowest BCUT2D eigenvalue weighted by atomic mass is 9.99. The molecule has 4 rings (SSSR count). The minimum absolute atomic E-state index is 0.477. The van der Waals surface area contributed by atoms with E-state index in [1.165, 1.54) is 0 Å². The summed E-state index contributed by atoms with van der Waals surface area (Å²) in [5.74, 6) is 0.477. The molecule has 1 unspecified atom stereocenters. The molecule has 0 radical (unpaired) electrons. The Morgan fingerprint density at radius 1 is 1.00 bits per heavy atom. The first-order valence-electron chi connectivity index (χ1n) is 4.90. The molecule has 4 aromatic carbocycles. The van der Waals surface area contributed by atoms with Gasteiger partial charge in [-0.15, -0.1) is 0 Å². The number of hydrogen-bond acceptors (Lipinski definition) is 2. The molecular weight excluding hydrogens is 223 g/mol. The summed E-state index contributed by atoms with van der Waals surface area (Å²) in [5.41, 5.74) is 0. The van der Waals surface area contributed by atoms with Gasteiger partial charge in [-0.05, 0) is 22.2 Å². The zero-order valence-corrected chi connectivity index (χ0v) is 9.31. The van der Waals surface area contributed by atoms with Crippen molar-refractivity contribution in [1.29, 1.82) is 0 Å². The van der Waals surface area contributed by atoms with Crippen LogP contribution >= 0.6 is 8.25 Å². The molecule has 0 fully saturated rings. The summed E-state index contributed by atoms with van der Waals surface area (Å²) < 4.78 is 15.7. The fourth-order valence-electron chi connectivity index (χ4n) is 2.07. The van der Waals surface area contributed by atoms with Crippen molar-refractivity contribution in [2.75, 3.05) is 0 Å². The first-order chi connectivity index (χ1) is 7.75. The lowest BCUT2D eigenvalue weighted by Gasteiger charge is -2.10. The van der Waals surface area contributed by atoms with E-state index in [9.17, 15) is 4.57 Å². The van der Waals surface area contributed by atoms with Crippen LogP contribution in [-0.2, 0) is 4.57 Å². The van der Waals surface area contributed by atoms with Gasteiger partial charge in [-0.1, -0.05) is 36.4 Å². The summed E-state index contributed by atoms with van der Waals surface area (Å²) in [6, 6.07) is 13.6. The number of fused-ring (bicyclic) bond motifs is 2. The van der Waals surface area contributed by atoms with Gasteiger partial charge in [0.1, 0.15) is 5.75 Å². The smallest absolute Gasteiger partial charge is 0.365 e. The van der Waals surface area contributed by atoms with Gasteiger partial charge in [-0.25, -0.2) is 4.57 Å². The third kappa shape index (κ3) is 1.37. The van der Waals surface area contributed by atoms with Crippen molar-refractivity contribution >= 4 is 29.8 Å². The SMILES string of the molecule is O=[PH](O)Oc1cccc2c3ccc(cc3)c12. The summed E-state index contributed by atoms with van der Waals surface area (Å²) in [5, 5.41) is 4.09. The Hall–Kier alpha value is -1.57. The van der Waals surface area contributed by atoms with E-state index in [0.717, 1.165) is 21.5 Å². The minimum Gasteiger partial charge on any atom is -0.426 e. The van der Waals surface area contributed by atoms with Crippen molar-refractivity contribution in [2.45, 2.75) is 0 Å². The van der Waals surface area contributed by atoms with E-state index in [2.05, 4.69) is 0 Å². The van der Waals surface area contributed by atoms with Crippen LogP contribution in [0.25, 0.3) is 21.5 Å². The number of rotatable bonds is 2. The van der Waals surface area contributed by atoms with Gasteiger partial charge in [-0.3, -0.25) is 0 Å². The van der Waals surface area contributed by atoms with Crippen LogP contribution in [0.3, 0.4) is 0 Å². The maximum absolute atomic E-state index is 10.8. The highest BCUT2D eigenvalue weighted by atomic mass is 31.1. The monoisotopic (exact) mass is 232 g/mol. The van der Waals surface area contributed by atoms with Gasteiger partial charge in [0, 0.05) is 5.39 Å². The molecule has 4 aromatic rings. The van der Waals surface area contributed by atoms with Crippen LogP contribution < -0.4 is 4.52 Å². The Balaban J connectivity index is 2.39. The fraction of sp³-hybridized carbons (Fsp3) is 0. The molecule has 0 aliphatic heterocycles. The second kappa shape index (κ2) is 3.48. The van der Waals surface area contributed by atoms with Crippen LogP contribution in [0.1, 0.15) is 0 Å². The molecular formula is C12H9O3P. The normalized spacial score (nSPS) is 13.3. The molecule has 3 nitrogen and oxygen atoms in total. The molecule has 1 atom stereocenters. The lowest BCUT2D eigenvalue weighted by molar-refractivity contribution is 0.412. The summed E-state index contributed by atoms with van der Waals surface area (Å²) >= 11 is 0. The average molecular weight is 232 g/mol. The fourth-order valence-corrected chi connectivity index (χ4v) is 2.42. The van der Waals surface area contributed by atoms with Gasteiger partial charge < -0.3 is 9.42 Å². The topological polar surface area (TPSA) is 46.5 Å². The van der Waals surface area contributed by atoms with Crippen molar-refractivity contribution in [3.05, 3.63) is 42.5 Å². The van der Waals surface area contributed by atoms with Gasteiger partial charge in [0.15, 0.2) is 0 Å². The summed E-state index contributed by atoms with van der Waals surface area (Å²) in [6.45, 7) is 0.